The van der Waals surface area contributed by atoms with Crippen LogP contribution in [0.4, 0.5) is 0 Å². The van der Waals surface area contributed by atoms with E-state index in [2.05, 4.69) is 4.98 Å². The molecule has 18 heavy (non-hydrogen) atoms. The molecule has 0 aliphatic heterocycles. The van der Waals surface area contributed by atoms with E-state index in [1.807, 2.05) is 20.8 Å². The third-order valence-electron chi connectivity index (χ3n) is 2.85. The van der Waals surface area contributed by atoms with Gasteiger partial charge in [0.1, 0.15) is 5.01 Å². The first-order chi connectivity index (χ1) is 8.52. The molecule has 2 rings (SSSR count). The highest BCUT2D eigenvalue weighted by Crippen LogP contribution is 2.16. The number of rotatable bonds is 3. The second kappa shape index (κ2) is 4.89. The van der Waals surface area contributed by atoms with Gasteiger partial charge in [-0.2, -0.15) is 0 Å². The first-order valence-electron chi connectivity index (χ1n) is 5.76. The van der Waals surface area contributed by atoms with Crippen molar-refractivity contribution in [2.24, 2.45) is 0 Å². The van der Waals surface area contributed by atoms with E-state index < -0.39 is 0 Å². The third kappa shape index (κ3) is 2.28. The molecular formula is C12H15N3O2S. The van der Waals surface area contributed by atoms with Crippen molar-refractivity contribution in [2.75, 3.05) is 0 Å². The minimum atomic E-state index is -0.282. The Morgan fingerprint density at radius 1 is 1.33 bits per heavy atom. The first kappa shape index (κ1) is 12.8. The molecule has 0 amide bonds. The predicted octanol–water partition coefficient (Wildman–Crippen LogP) is 1.15. The highest BCUT2D eigenvalue weighted by molar-refractivity contribution is 7.11. The summed E-state index contributed by atoms with van der Waals surface area (Å²) in [5.41, 5.74) is 0.389. The standard InChI is InChI=1S/C12H15N3O2S/c1-4-14-6-5-11(16)15(12(14)17)7-10-13-8(2)9(3)18-10/h5-6H,4,7H2,1-3H3. The van der Waals surface area contributed by atoms with Crippen LogP contribution in [-0.4, -0.2) is 14.1 Å². The summed E-state index contributed by atoms with van der Waals surface area (Å²) < 4.78 is 2.73. The molecule has 0 N–H and O–H groups in total. The van der Waals surface area contributed by atoms with Gasteiger partial charge in [0.25, 0.3) is 5.56 Å². The predicted molar refractivity (Wildman–Crippen MR) is 71.3 cm³/mol. The number of aryl methyl sites for hydroxylation is 3. The zero-order valence-corrected chi connectivity index (χ0v) is 11.5. The Hall–Kier alpha value is -1.69. The summed E-state index contributed by atoms with van der Waals surface area (Å²) >= 11 is 1.52. The van der Waals surface area contributed by atoms with Crippen LogP contribution >= 0.6 is 11.3 Å². The molecule has 2 aromatic heterocycles. The SMILES string of the molecule is CCn1ccc(=O)n(Cc2nc(C)c(C)s2)c1=O. The monoisotopic (exact) mass is 265 g/mol. The highest BCUT2D eigenvalue weighted by atomic mass is 32.1. The molecule has 0 fully saturated rings. The van der Waals surface area contributed by atoms with Crippen LogP contribution in [0.5, 0.6) is 0 Å². The fourth-order valence-electron chi connectivity index (χ4n) is 1.69. The van der Waals surface area contributed by atoms with Gasteiger partial charge in [0.2, 0.25) is 0 Å². The van der Waals surface area contributed by atoms with Gasteiger partial charge >= 0.3 is 5.69 Å². The van der Waals surface area contributed by atoms with Gasteiger partial charge in [-0.15, -0.1) is 11.3 Å². The smallest absolute Gasteiger partial charge is 0.301 e. The molecular weight excluding hydrogens is 250 g/mol. The van der Waals surface area contributed by atoms with Crippen molar-refractivity contribution in [1.82, 2.24) is 14.1 Å². The van der Waals surface area contributed by atoms with E-state index >= 15 is 0 Å². The summed E-state index contributed by atoms with van der Waals surface area (Å²) in [4.78, 5) is 29.2. The molecule has 0 unspecified atom stereocenters. The molecule has 96 valence electrons. The minimum Gasteiger partial charge on any atom is -0.301 e. The van der Waals surface area contributed by atoms with Gasteiger partial charge < -0.3 is 4.57 Å². The van der Waals surface area contributed by atoms with Crippen molar-refractivity contribution in [3.8, 4) is 0 Å². The van der Waals surface area contributed by atoms with E-state index in [0.29, 0.717) is 6.54 Å². The second-order valence-electron chi connectivity index (χ2n) is 4.06. The van der Waals surface area contributed by atoms with Crippen LogP contribution in [0.3, 0.4) is 0 Å². The molecule has 2 heterocycles. The second-order valence-corrected chi connectivity index (χ2v) is 5.35. The Bertz CT molecular complexity index is 662. The lowest BCUT2D eigenvalue weighted by molar-refractivity contribution is 0.598. The fraction of sp³-hybridized carbons (Fsp3) is 0.417. The maximum absolute atomic E-state index is 12.0. The summed E-state index contributed by atoms with van der Waals surface area (Å²) in [5.74, 6) is 0. The van der Waals surface area contributed by atoms with E-state index in [9.17, 15) is 9.59 Å². The highest BCUT2D eigenvalue weighted by Gasteiger charge is 2.09. The van der Waals surface area contributed by atoms with Gasteiger partial charge in [-0.25, -0.2) is 9.78 Å². The van der Waals surface area contributed by atoms with Gasteiger partial charge in [0, 0.05) is 23.7 Å². The van der Waals surface area contributed by atoms with Crippen LogP contribution in [0.25, 0.3) is 0 Å². The topological polar surface area (TPSA) is 56.9 Å². The van der Waals surface area contributed by atoms with E-state index in [-0.39, 0.29) is 17.8 Å². The molecule has 0 saturated carbocycles. The zero-order chi connectivity index (χ0) is 13.3. The Morgan fingerprint density at radius 2 is 2.06 bits per heavy atom. The average Bonchev–Trinajstić information content (AvgIpc) is 2.64. The zero-order valence-electron chi connectivity index (χ0n) is 10.6. The van der Waals surface area contributed by atoms with Crippen molar-refractivity contribution in [1.29, 1.82) is 0 Å². The van der Waals surface area contributed by atoms with Gasteiger partial charge in [0.15, 0.2) is 0 Å². The summed E-state index contributed by atoms with van der Waals surface area (Å²) in [6, 6.07) is 1.41. The van der Waals surface area contributed by atoms with Crippen molar-refractivity contribution < 1.29 is 0 Å². The van der Waals surface area contributed by atoms with E-state index in [1.54, 1.807) is 0 Å². The van der Waals surface area contributed by atoms with Gasteiger partial charge in [-0.3, -0.25) is 9.36 Å². The first-order valence-corrected chi connectivity index (χ1v) is 6.57. The molecule has 0 radical (unpaired) electrons. The normalized spacial score (nSPS) is 10.8. The molecule has 2 aromatic rings. The lowest BCUT2D eigenvalue weighted by atomic mass is 10.4. The fourth-order valence-corrected chi connectivity index (χ4v) is 2.61. The van der Waals surface area contributed by atoms with E-state index in [0.717, 1.165) is 15.6 Å². The molecule has 0 aliphatic rings. The summed E-state index contributed by atoms with van der Waals surface area (Å²) in [6.07, 6.45) is 1.53. The summed E-state index contributed by atoms with van der Waals surface area (Å²) in [7, 11) is 0. The van der Waals surface area contributed by atoms with E-state index in [4.69, 9.17) is 0 Å². The minimum absolute atomic E-state index is 0.248. The summed E-state index contributed by atoms with van der Waals surface area (Å²) in [5, 5.41) is 0.790. The Morgan fingerprint density at radius 3 is 2.61 bits per heavy atom. The Balaban J connectivity index is 2.46. The number of aromatic nitrogens is 3. The number of thiazole rings is 1. The van der Waals surface area contributed by atoms with Crippen molar-refractivity contribution in [3.63, 3.8) is 0 Å². The number of hydrogen-bond donors (Lipinski definition) is 0. The molecule has 0 bridgehead atoms. The van der Waals surface area contributed by atoms with Crippen molar-refractivity contribution >= 4 is 11.3 Å². The van der Waals surface area contributed by atoms with Crippen LogP contribution in [0.1, 0.15) is 22.5 Å². The van der Waals surface area contributed by atoms with Crippen molar-refractivity contribution in [3.05, 3.63) is 48.7 Å². The Kier molecular flexibility index (Phi) is 3.47. The molecule has 0 saturated heterocycles. The van der Waals surface area contributed by atoms with Crippen molar-refractivity contribution in [2.45, 2.75) is 33.9 Å². The molecule has 6 heteroatoms. The van der Waals surface area contributed by atoms with Crippen LogP contribution in [-0.2, 0) is 13.1 Å². The lowest BCUT2D eigenvalue weighted by Gasteiger charge is -2.06. The molecule has 0 spiro atoms. The maximum atomic E-state index is 12.0. The molecule has 0 atom stereocenters. The van der Waals surface area contributed by atoms with Crippen LogP contribution < -0.4 is 11.2 Å². The average molecular weight is 265 g/mol. The van der Waals surface area contributed by atoms with Crippen LogP contribution in [0, 0.1) is 13.8 Å². The largest absolute Gasteiger partial charge is 0.331 e. The maximum Gasteiger partial charge on any atom is 0.331 e. The summed E-state index contributed by atoms with van der Waals surface area (Å²) in [6.45, 7) is 6.57. The third-order valence-corrected chi connectivity index (χ3v) is 3.90. The lowest BCUT2D eigenvalue weighted by Crippen LogP contribution is -2.38. The molecule has 0 aliphatic carbocycles. The Labute approximate surface area is 108 Å². The molecule has 0 aromatic carbocycles. The quantitative estimate of drug-likeness (QED) is 0.836. The number of nitrogens with zero attached hydrogens (tertiary/aromatic N) is 3. The van der Waals surface area contributed by atoms with E-state index in [1.165, 1.54) is 32.7 Å². The molecule has 5 nitrogen and oxygen atoms in total. The van der Waals surface area contributed by atoms with Gasteiger partial charge in [-0.1, -0.05) is 0 Å². The number of hydrogen-bond acceptors (Lipinski definition) is 4. The van der Waals surface area contributed by atoms with Gasteiger partial charge in [-0.05, 0) is 20.8 Å². The van der Waals surface area contributed by atoms with Crippen LogP contribution in [0.2, 0.25) is 0 Å². The van der Waals surface area contributed by atoms with Gasteiger partial charge in [0.05, 0.1) is 12.2 Å². The van der Waals surface area contributed by atoms with Crippen LogP contribution in [0.15, 0.2) is 21.9 Å².